The molecule has 5 nitrogen and oxygen atoms in total. The van der Waals surface area contributed by atoms with Crippen molar-refractivity contribution in [3.63, 3.8) is 0 Å². The number of carbonyl (C=O) groups excluding carboxylic acids is 1. The predicted octanol–water partition coefficient (Wildman–Crippen LogP) is 5.75. The van der Waals surface area contributed by atoms with Crippen LogP contribution in [-0.2, 0) is 9.84 Å². The van der Waals surface area contributed by atoms with Gasteiger partial charge in [-0.15, -0.1) is 11.3 Å². The standard InChI is InChI=1S/C25H22N2O3S2/c1-16-12-14-19(15-13-16)32(29,30)24-21(26)23(22(28)18-9-4-3-5-10-18)31-25(24)27-20-11-7-6-8-17(20)2/h3-15,27H,26H2,1-2H3. The average molecular weight is 463 g/mol. The molecule has 0 atom stereocenters. The maximum Gasteiger partial charge on any atom is 0.211 e. The van der Waals surface area contributed by atoms with Gasteiger partial charge in [0.15, 0.2) is 0 Å². The lowest BCUT2D eigenvalue weighted by molar-refractivity contribution is 0.104. The number of ketones is 1. The zero-order valence-corrected chi connectivity index (χ0v) is 19.3. The number of aryl methyl sites for hydroxylation is 2. The number of nitrogens with two attached hydrogens (primary N) is 1. The number of thiophene rings is 1. The number of benzene rings is 3. The van der Waals surface area contributed by atoms with Gasteiger partial charge in [0.1, 0.15) is 14.8 Å². The Balaban J connectivity index is 1.90. The van der Waals surface area contributed by atoms with Crippen molar-refractivity contribution in [1.82, 2.24) is 0 Å². The maximum absolute atomic E-state index is 13.6. The van der Waals surface area contributed by atoms with Gasteiger partial charge in [-0.2, -0.15) is 0 Å². The second-order valence-corrected chi connectivity index (χ2v) is 10.4. The molecule has 0 unspecified atom stereocenters. The second-order valence-electron chi connectivity index (χ2n) is 7.45. The molecule has 0 fully saturated rings. The van der Waals surface area contributed by atoms with Crippen molar-refractivity contribution in [2.24, 2.45) is 0 Å². The molecule has 0 radical (unpaired) electrons. The molecule has 162 valence electrons. The van der Waals surface area contributed by atoms with Gasteiger partial charge in [0.25, 0.3) is 0 Å². The van der Waals surface area contributed by atoms with Gasteiger partial charge in [0.2, 0.25) is 15.6 Å². The van der Waals surface area contributed by atoms with Crippen molar-refractivity contribution in [3.05, 3.63) is 100 Å². The van der Waals surface area contributed by atoms with E-state index in [2.05, 4.69) is 5.32 Å². The molecule has 7 heteroatoms. The fourth-order valence-corrected chi connectivity index (χ4v) is 6.26. The third-order valence-corrected chi connectivity index (χ3v) is 8.24. The molecular weight excluding hydrogens is 440 g/mol. The molecule has 0 saturated carbocycles. The van der Waals surface area contributed by atoms with Crippen molar-refractivity contribution in [2.75, 3.05) is 11.1 Å². The van der Waals surface area contributed by atoms with E-state index in [1.165, 1.54) is 0 Å². The van der Waals surface area contributed by atoms with Crippen LogP contribution in [0.15, 0.2) is 88.7 Å². The van der Waals surface area contributed by atoms with Crippen LogP contribution in [0, 0.1) is 13.8 Å². The van der Waals surface area contributed by atoms with E-state index in [1.807, 2.05) is 44.2 Å². The molecule has 0 spiro atoms. The number of hydrogen-bond acceptors (Lipinski definition) is 6. The number of para-hydroxylation sites is 1. The first-order chi connectivity index (χ1) is 15.3. The molecule has 1 aromatic heterocycles. The lowest BCUT2D eigenvalue weighted by atomic mass is 10.1. The Morgan fingerprint density at radius 1 is 0.875 bits per heavy atom. The molecular formula is C25H22N2O3S2. The number of nitrogen functional groups attached to an aromatic ring is 1. The molecule has 0 aliphatic rings. The van der Waals surface area contributed by atoms with Gasteiger partial charge in [0.05, 0.1) is 10.6 Å². The Morgan fingerprint density at radius 2 is 1.50 bits per heavy atom. The van der Waals surface area contributed by atoms with Crippen molar-refractivity contribution < 1.29 is 13.2 Å². The topological polar surface area (TPSA) is 89.3 Å². The van der Waals surface area contributed by atoms with E-state index >= 15 is 0 Å². The molecule has 4 aromatic rings. The largest absolute Gasteiger partial charge is 0.396 e. The molecule has 3 aromatic carbocycles. The van der Waals surface area contributed by atoms with Gasteiger partial charge in [-0.25, -0.2) is 8.42 Å². The quantitative estimate of drug-likeness (QED) is 0.356. The summed E-state index contributed by atoms with van der Waals surface area (Å²) >= 11 is 1.05. The van der Waals surface area contributed by atoms with Gasteiger partial charge < -0.3 is 11.1 Å². The van der Waals surface area contributed by atoms with E-state index in [0.29, 0.717) is 10.6 Å². The Kier molecular flexibility index (Phi) is 5.86. The summed E-state index contributed by atoms with van der Waals surface area (Å²) in [6, 6.07) is 22.8. The van der Waals surface area contributed by atoms with Crippen molar-refractivity contribution in [1.29, 1.82) is 0 Å². The Morgan fingerprint density at radius 3 is 2.16 bits per heavy atom. The first-order valence-electron chi connectivity index (χ1n) is 9.95. The monoisotopic (exact) mass is 462 g/mol. The molecule has 0 aliphatic heterocycles. The summed E-state index contributed by atoms with van der Waals surface area (Å²) in [5.41, 5.74) is 9.39. The summed E-state index contributed by atoms with van der Waals surface area (Å²) in [6.45, 7) is 3.81. The molecule has 32 heavy (non-hydrogen) atoms. The Bertz CT molecular complexity index is 1390. The summed E-state index contributed by atoms with van der Waals surface area (Å²) in [5.74, 6) is -0.314. The van der Waals surface area contributed by atoms with Gasteiger partial charge in [0, 0.05) is 11.3 Å². The van der Waals surface area contributed by atoms with Gasteiger partial charge in [-0.3, -0.25) is 4.79 Å². The number of anilines is 3. The summed E-state index contributed by atoms with van der Waals surface area (Å²) in [5, 5.41) is 3.52. The maximum atomic E-state index is 13.6. The summed E-state index contributed by atoms with van der Waals surface area (Å²) < 4.78 is 27.2. The highest BCUT2D eigenvalue weighted by molar-refractivity contribution is 7.92. The van der Waals surface area contributed by atoms with Crippen LogP contribution in [0.1, 0.15) is 26.4 Å². The molecule has 0 bridgehead atoms. The molecule has 4 rings (SSSR count). The smallest absolute Gasteiger partial charge is 0.211 e. The van der Waals surface area contributed by atoms with Crippen LogP contribution in [0.3, 0.4) is 0 Å². The summed E-state index contributed by atoms with van der Waals surface area (Å²) in [4.78, 5) is 13.4. The minimum atomic E-state index is -3.97. The van der Waals surface area contributed by atoms with E-state index in [-0.39, 0.29) is 26.1 Å². The van der Waals surface area contributed by atoms with E-state index in [9.17, 15) is 13.2 Å². The SMILES string of the molecule is Cc1ccc(S(=O)(=O)c2c(Nc3ccccc3C)sc(C(=O)c3ccccc3)c2N)cc1. The Hall–Kier alpha value is -3.42. The lowest BCUT2D eigenvalue weighted by Crippen LogP contribution is -2.08. The summed E-state index contributed by atoms with van der Waals surface area (Å²) in [7, 11) is -3.97. The van der Waals surface area contributed by atoms with Crippen molar-refractivity contribution in [2.45, 2.75) is 23.6 Å². The van der Waals surface area contributed by atoms with Crippen molar-refractivity contribution in [3.8, 4) is 0 Å². The van der Waals surface area contributed by atoms with Gasteiger partial charge >= 0.3 is 0 Å². The highest BCUT2D eigenvalue weighted by atomic mass is 32.2. The number of nitrogens with one attached hydrogen (secondary N) is 1. The number of rotatable bonds is 6. The highest BCUT2D eigenvalue weighted by Crippen LogP contribution is 2.44. The minimum absolute atomic E-state index is 0.0412. The Labute approximate surface area is 191 Å². The van der Waals surface area contributed by atoms with Gasteiger partial charge in [-0.1, -0.05) is 66.2 Å². The van der Waals surface area contributed by atoms with Gasteiger partial charge in [-0.05, 0) is 37.6 Å². The number of hydrogen-bond donors (Lipinski definition) is 2. The number of carbonyl (C=O) groups is 1. The van der Waals surface area contributed by atoms with Crippen LogP contribution in [0.4, 0.5) is 16.4 Å². The fraction of sp³-hybridized carbons (Fsp3) is 0.0800. The van der Waals surface area contributed by atoms with E-state index in [1.54, 1.807) is 48.5 Å². The molecule has 0 saturated heterocycles. The third kappa shape index (κ3) is 4.04. The average Bonchev–Trinajstić information content (AvgIpc) is 3.12. The zero-order chi connectivity index (χ0) is 22.9. The molecule has 0 aliphatic carbocycles. The zero-order valence-electron chi connectivity index (χ0n) is 17.6. The van der Waals surface area contributed by atoms with Crippen LogP contribution in [0.2, 0.25) is 0 Å². The summed E-state index contributed by atoms with van der Waals surface area (Å²) in [6.07, 6.45) is 0. The third-order valence-electron chi connectivity index (χ3n) is 5.14. The van der Waals surface area contributed by atoms with Crippen LogP contribution in [-0.4, -0.2) is 14.2 Å². The lowest BCUT2D eigenvalue weighted by Gasteiger charge is -2.11. The van der Waals surface area contributed by atoms with Crippen LogP contribution in [0.5, 0.6) is 0 Å². The first kappa shape index (κ1) is 21.8. The minimum Gasteiger partial charge on any atom is -0.396 e. The highest BCUT2D eigenvalue weighted by Gasteiger charge is 2.31. The van der Waals surface area contributed by atoms with E-state index in [4.69, 9.17) is 5.73 Å². The fourth-order valence-electron chi connectivity index (χ4n) is 3.34. The predicted molar refractivity (Wildman–Crippen MR) is 130 cm³/mol. The van der Waals surface area contributed by atoms with Crippen LogP contribution < -0.4 is 11.1 Å². The van der Waals surface area contributed by atoms with Crippen molar-refractivity contribution >= 4 is 43.3 Å². The second kappa shape index (κ2) is 8.61. The van der Waals surface area contributed by atoms with E-state index in [0.717, 1.165) is 28.2 Å². The normalized spacial score (nSPS) is 11.3. The first-order valence-corrected chi connectivity index (χ1v) is 12.3. The van der Waals surface area contributed by atoms with Crippen LogP contribution >= 0.6 is 11.3 Å². The van der Waals surface area contributed by atoms with E-state index < -0.39 is 9.84 Å². The molecule has 0 amide bonds. The molecule has 3 N–H and O–H groups in total. The number of sulfone groups is 1. The van der Waals surface area contributed by atoms with Crippen LogP contribution in [0.25, 0.3) is 0 Å². The molecule has 1 heterocycles.